The van der Waals surface area contributed by atoms with Crippen molar-refractivity contribution in [2.75, 3.05) is 5.33 Å². The molecule has 1 unspecified atom stereocenters. The van der Waals surface area contributed by atoms with Crippen molar-refractivity contribution in [2.45, 2.75) is 39.0 Å². The van der Waals surface area contributed by atoms with E-state index < -0.39 is 0 Å². The minimum atomic E-state index is 0.140. The number of nitrogens with zero attached hydrogens (tertiary/aromatic N) is 1. The monoisotopic (exact) mass is 429 g/mol. The van der Waals surface area contributed by atoms with Gasteiger partial charge < -0.3 is 0 Å². The molecule has 0 radical (unpaired) electrons. The van der Waals surface area contributed by atoms with E-state index in [9.17, 15) is 0 Å². The van der Waals surface area contributed by atoms with Crippen LogP contribution >= 0.6 is 43.2 Å². The molecule has 0 saturated heterocycles. The fourth-order valence-electron chi connectivity index (χ4n) is 2.15. The average molecular weight is 431 g/mol. The first-order valence-electron chi connectivity index (χ1n) is 7.14. The van der Waals surface area contributed by atoms with E-state index in [1.165, 1.54) is 20.7 Å². The quantitative estimate of drug-likeness (QED) is 0.530. The number of hydrogen-bond acceptors (Lipinski definition) is 2. The highest BCUT2D eigenvalue weighted by atomic mass is 79.9. The highest BCUT2D eigenvalue weighted by Gasteiger charge is 2.19. The summed E-state index contributed by atoms with van der Waals surface area (Å²) in [5, 5.41) is 4.45. The molecule has 1 aromatic heterocycles. The molecule has 2 aromatic rings. The normalized spacial score (nSPS) is 13.4. The Kier molecular flexibility index (Phi) is 6.04. The molecule has 0 aliphatic carbocycles. The van der Waals surface area contributed by atoms with E-state index in [1.807, 2.05) is 0 Å². The largest absolute Gasteiger partial charge is 0.246 e. The molecule has 1 nitrogen and oxygen atoms in total. The Hall–Kier alpha value is -0.190. The lowest BCUT2D eigenvalue weighted by molar-refractivity contribution is 0.558. The van der Waals surface area contributed by atoms with Crippen LogP contribution in [0.15, 0.2) is 34.1 Å². The SMILES string of the molecule is CC(C)(C)c1csc(CC(CBr)Cc2ccccc2Br)n1. The Morgan fingerprint density at radius 1 is 1.19 bits per heavy atom. The molecule has 0 aliphatic heterocycles. The van der Waals surface area contributed by atoms with E-state index in [1.54, 1.807) is 11.3 Å². The molecule has 0 amide bonds. The zero-order valence-electron chi connectivity index (χ0n) is 12.7. The first kappa shape index (κ1) is 17.2. The smallest absolute Gasteiger partial charge is 0.0931 e. The van der Waals surface area contributed by atoms with E-state index in [-0.39, 0.29) is 5.41 Å². The van der Waals surface area contributed by atoms with Crippen LogP contribution in [0, 0.1) is 5.92 Å². The predicted molar refractivity (Wildman–Crippen MR) is 99.6 cm³/mol. The highest BCUT2D eigenvalue weighted by molar-refractivity contribution is 9.10. The number of benzene rings is 1. The second kappa shape index (κ2) is 7.38. The third kappa shape index (κ3) is 4.90. The molecule has 0 saturated carbocycles. The Balaban J connectivity index is 2.06. The van der Waals surface area contributed by atoms with Gasteiger partial charge in [-0.05, 0) is 24.0 Å². The molecule has 21 heavy (non-hydrogen) atoms. The van der Waals surface area contributed by atoms with Crippen molar-refractivity contribution in [2.24, 2.45) is 5.92 Å². The van der Waals surface area contributed by atoms with Gasteiger partial charge in [0.2, 0.25) is 0 Å². The van der Waals surface area contributed by atoms with Crippen molar-refractivity contribution in [1.82, 2.24) is 4.98 Å². The van der Waals surface area contributed by atoms with Crippen molar-refractivity contribution in [3.05, 3.63) is 50.4 Å². The van der Waals surface area contributed by atoms with Crippen LogP contribution in [0.5, 0.6) is 0 Å². The van der Waals surface area contributed by atoms with Gasteiger partial charge in [-0.15, -0.1) is 11.3 Å². The van der Waals surface area contributed by atoms with Crippen LogP contribution in [-0.2, 0) is 18.3 Å². The first-order valence-corrected chi connectivity index (χ1v) is 9.94. The van der Waals surface area contributed by atoms with Gasteiger partial charge >= 0.3 is 0 Å². The lowest BCUT2D eigenvalue weighted by atomic mass is 9.93. The molecule has 4 heteroatoms. The second-order valence-electron chi connectivity index (χ2n) is 6.40. The molecular weight excluding hydrogens is 410 g/mol. The fourth-order valence-corrected chi connectivity index (χ4v) is 4.19. The summed E-state index contributed by atoms with van der Waals surface area (Å²) in [5.74, 6) is 0.572. The van der Waals surface area contributed by atoms with Crippen molar-refractivity contribution in [3.63, 3.8) is 0 Å². The average Bonchev–Trinajstić information content (AvgIpc) is 2.89. The minimum Gasteiger partial charge on any atom is -0.246 e. The van der Waals surface area contributed by atoms with E-state index in [2.05, 4.69) is 82.3 Å². The third-order valence-electron chi connectivity index (χ3n) is 3.47. The van der Waals surface area contributed by atoms with Gasteiger partial charge in [-0.3, -0.25) is 0 Å². The van der Waals surface area contributed by atoms with Crippen LogP contribution < -0.4 is 0 Å². The maximum absolute atomic E-state index is 4.82. The zero-order valence-corrected chi connectivity index (χ0v) is 16.7. The highest BCUT2D eigenvalue weighted by Crippen LogP contribution is 2.27. The molecule has 0 fully saturated rings. The molecular formula is C17H21Br2NS. The van der Waals surface area contributed by atoms with Gasteiger partial charge in [0, 0.05) is 27.0 Å². The molecule has 1 atom stereocenters. The van der Waals surface area contributed by atoms with Crippen molar-refractivity contribution >= 4 is 43.2 Å². The summed E-state index contributed by atoms with van der Waals surface area (Å²) >= 11 is 9.10. The number of rotatable bonds is 5. The van der Waals surface area contributed by atoms with Crippen LogP contribution in [0.25, 0.3) is 0 Å². The molecule has 0 N–H and O–H groups in total. The van der Waals surface area contributed by atoms with E-state index in [4.69, 9.17) is 4.98 Å². The first-order chi connectivity index (χ1) is 9.90. The number of halogens is 2. The molecule has 0 spiro atoms. The maximum Gasteiger partial charge on any atom is 0.0931 e. The summed E-state index contributed by atoms with van der Waals surface area (Å²) in [6.07, 6.45) is 2.10. The van der Waals surface area contributed by atoms with Gasteiger partial charge in [-0.2, -0.15) is 0 Å². The second-order valence-corrected chi connectivity index (χ2v) is 8.84. The summed E-state index contributed by atoms with van der Waals surface area (Å²) in [4.78, 5) is 4.82. The Morgan fingerprint density at radius 2 is 1.90 bits per heavy atom. The fraction of sp³-hybridized carbons (Fsp3) is 0.471. The summed E-state index contributed by atoms with van der Waals surface area (Å²) in [5.41, 5.74) is 2.72. The lowest BCUT2D eigenvalue weighted by Gasteiger charge is -2.15. The van der Waals surface area contributed by atoms with Crippen molar-refractivity contribution < 1.29 is 0 Å². The van der Waals surface area contributed by atoms with Gasteiger partial charge in [0.15, 0.2) is 0 Å². The van der Waals surface area contributed by atoms with Gasteiger partial charge in [0.05, 0.1) is 10.7 Å². The number of alkyl halides is 1. The van der Waals surface area contributed by atoms with Crippen LogP contribution in [0.2, 0.25) is 0 Å². The van der Waals surface area contributed by atoms with E-state index >= 15 is 0 Å². The van der Waals surface area contributed by atoms with Crippen LogP contribution in [0.4, 0.5) is 0 Å². The standard InChI is InChI=1S/C17H21Br2NS/c1-17(2,3)15-11-21-16(20-15)9-12(10-18)8-13-6-4-5-7-14(13)19/h4-7,11-12H,8-10H2,1-3H3. The van der Waals surface area contributed by atoms with Gasteiger partial charge in [-0.25, -0.2) is 4.98 Å². The zero-order chi connectivity index (χ0) is 15.5. The summed E-state index contributed by atoms with van der Waals surface area (Å²) in [6, 6.07) is 8.48. The van der Waals surface area contributed by atoms with Crippen molar-refractivity contribution in [3.8, 4) is 0 Å². The van der Waals surface area contributed by atoms with Gasteiger partial charge in [0.1, 0.15) is 0 Å². The summed E-state index contributed by atoms with van der Waals surface area (Å²) in [7, 11) is 0. The topological polar surface area (TPSA) is 12.9 Å². The van der Waals surface area contributed by atoms with Gasteiger partial charge in [-0.1, -0.05) is 70.8 Å². The molecule has 1 aromatic carbocycles. The number of hydrogen-bond donors (Lipinski definition) is 0. The van der Waals surface area contributed by atoms with E-state index in [0.29, 0.717) is 5.92 Å². The van der Waals surface area contributed by atoms with Crippen LogP contribution in [0.3, 0.4) is 0 Å². The molecule has 114 valence electrons. The summed E-state index contributed by atoms with van der Waals surface area (Å²) < 4.78 is 1.20. The number of thiazole rings is 1. The van der Waals surface area contributed by atoms with Crippen molar-refractivity contribution in [1.29, 1.82) is 0 Å². The Bertz CT molecular complexity index is 586. The minimum absolute atomic E-state index is 0.140. The summed E-state index contributed by atoms with van der Waals surface area (Å²) in [6.45, 7) is 6.65. The van der Waals surface area contributed by atoms with Crippen LogP contribution in [-0.4, -0.2) is 10.3 Å². The Morgan fingerprint density at radius 3 is 2.48 bits per heavy atom. The number of aromatic nitrogens is 1. The molecule has 0 bridgehead atoms. The maximum atomic E-state index is 4.82. The lowest BCUT2D eigenvalue weighted by Crippen LogP contribution is -2.13. The Labute approximate surface area is 148 Å². The van der Waals surface area contributed by atoms with Gasteiger partial charge in [0.25, 0.3) is 0 Å². The predicted octanol–water partition coefficient (Wildman–Crippen LogP) is 6.00. The third-order valence-corrected chi connectivity index (χ3v) is 6.03. The molecule has 1 heterocycles. The molecule has 0 aliphatic rings. The molecule has 2 rings (SSSR count). The van der Waals surface area contributed by atoms with Crippen LogP contribution in [0.1, 0.15) is 37.0 Å². The van der Waals surface area contributed by atoms with E-state index in [0.717, 1.165) is 18.2 Å².